The second-order valence-electron chi connectivity index (χ2n) is 6.01. The maximum Gasteiger partial charge on any atom is 0.243 e. The van der Waals surface area contributed by atoms with E-state index < -0.39 is 10.0 Å². The molecule has 0 aromatic heterocycles. The molecule has 1 aromatic carbocycles. The van der Waals surface area contributed by atoms with Gasteiger partial charge in [0.15, 0.2) is 5.11 Å². The number of nitrogens with one attached hydrogen (secondary N) is 2. The summed E-state index contributed by atoms with van der Waals surface area (Å²) < 4.78 is 37.6. The van der Waals surface area contributed by atoms with Gasteiger partial charge in [-0.25, -0.2) is 8.42 Å². The van der Waals surface area contributed by atoms with Crippen LogP contribution < -0.4 is 10.6 Å². The van der Waals surface area contributed by atoms with Gasteiger partial charge in [-0.3, -0.25) is 0 Å². The van der Waals surface area contributed by atoms with E-state index in [1.54, 1.807) is 24.3 Å². The topological polar surface area (TPSA) is 79.9 Å². The van der Waals surface area contributed by atoms with Gasteiger partial charge in [0.2, 0.25) is 10.0 Å². The quantitative estimate of drug-likeness (QED) is 0.737. The first kappa shape index (κ1) is 18.5. The van der Waals surface area contributed by atoms with Gasteiger partial charge in [0, 0.05) is 31.9 Å². The lowest BCUT2D eigenvalue weighted by molar-refractivity contribution is 0.0730. The molecule has 7 nitrogen and oxygen atoms in total. The predicted octanol–water partition coefficient (Wildman–Crippen LogP) is 1.17. The molecule has 0 bridgehead atoms. The first-order chi connectivity index (χ1) is 12.1. The van der Waals surface area contributed by atoms with Crippen molar-refractivity contribution in [2.75, 3.05) is 44.8 Å². The monoisotopic (exact) mass is 385 g/mol. The summed E-state index contributed by atoms with van der Waals surface area (Å²) in [6.45, 7) is 3.05. The van der Waals surface area contributed by atoms with Crippen LogP contribution in [0, 0.1) is 0 Å². The van der Waals surface area contributed by atoms with Crippen LogP contribution in [0.2, 0.25) is 0 Å². The first-order valence-corrected chi connectivity index (χ1v) is 10.2. The fraction of sp³-hybridized carbons (Fsp3) is 0.562. The molecule has 3 rings (SSSR count). The Kier molecular flexibility index (Phi) is 6.24. The molecule has 0 saturated carbocycles. The zero-order valence-corrected chi connectivity index (χ0v) is 15.6. The van der Waals surface area contributed by atoms with Gasteiger partial charge in [-0.05, 0) is 43.3 Å². The third-order valence-corrected chi connectivity index (χ3v) is 6.36. The molecule has 2 aliphatic rings. The van der Waals surface area contributed by atoms with Crippen LogP contribution in [0.5, 0.6) is 0 Å². The molecule has 1 aromatic rings. The maximum atomic E-state index is 12.7. The lowest BCUT2D eigenvalue weighted by Gasteiger charge is -2.26. The molecular weight excluding hydrogens is 362 g/mol. The minimum atomic E-state index is -3.52. The Morgan fingerprint density at radius 1 is 1.28 bits per heavy atom. The number of nitrogens with zero attached hydrogens (tertiary/aromatic N) is 1. The Morgan fingerprint density at radius 3 is 2.80 bits per heavy atom. The van der Waals surface area contributed by atoms with E-state index in [0.717, 1.165) is 19.4 Å². The number of benzene rings is 1. The van der Waals surface area contributed by atoms with Crippen molar-refractivity contribution in [3.8, 4) is 0 Å². The SMILES string of the molecule is O=S(=O)(c1cccc(NC(=S)NCC2CCCO2)c1)N1CCOCC1. The Hall–Kier alpha value is -1.26. The third-order valence-electron chi connectivity index (χ3n) is 4.21. The minimum Gasteiger partial charge on any atom is -0.379 e. The second-order valence-corrected chi connectivity index (χ2v) is 8.36. The Morgan fingerprint density at radius 2 is 2.08 bits per heavy atom. The molecule has 0 amide bonds. The van der Waals surface area contributed by atoms with E-state index in [0.29, 0.717) is 43.6 Å². The largest absolute Gasteiger partial charge is 0.379 e. The zero-order valence-electron chi connectivity index (χ0n) is 13.9. The Bertz CT molecular complexity index is 699. The number of hydrogen-bond acceptors (Lipinski definition) is 5. The standard InChI is InChI=1S/C16H23N3O4S2/c20-25(21,19-6-9-22-10-7-19)15-5-1-3-13(11-15)18-16(24)17-12-14-4-2-8-23-14/h1,3,5,11,14H,2,4,6-10,12H2,(H2,17,18,24). The highest BCUT2D eigenvalue weighted by atomic mass is 32.2. The molecule has 9 heteroatoms. The van der Waals surface area contributed by atoms with Gasteiger partial charge in [0.1, 0.15) is 0 Å². The van der Waals surface area contributed by atoms with Crippen molar-refractivity contribution in [1.82, 2.24) is 9.62 Å². The van der Waals surface area contributed by atoms with Gasteiger partial charge in [0.05, 0.1) is 24.2 Å². The number of rotatable bonds is 5. The van der Waals surface area contributed by atoms with Crippen LogP contribution in [-0.4, -0.2) is 63.4 Å². The van der Waals surface area contributed by atoms with E-state index in [4.69, 9.17) is 21.7 Å². The minimum absolute atomic E-state index is 0.188. The lowest BCUT2D eigenvalue weighted by atomic mass is 10.2. The highest BCUT2D eigenvalue weighted by molar-refractivity contribution is 7.89. The van der Waals surface area contributed by atoms with Gasteiger partial charge >= 0.3 is 0 Å². The van der Waals surface area contributed by atoms with Crippen LogP contribution in [-0.2, 0) is 19.5 Å². The van der Waals surface area contributed by atoms with Gasteiger partial charge in [-0.15, -0.1) is 0 Å². The molecule has 2 fully saturated rings. The van der Waals surface area contributed by atoms with E-state index in [9.17, 15) is 8.42 Å². The van der Waals surface area contributed by atoms with Crippen LogP contribution in [0.4, 0.5) is 5.69 Å². The highest BCUT2D eigenvalue weighted by Crippen LogP contribution is 2.20. The molecule has 0 spiro atoms. The summed E-state index contributed by atoms with van der Waals surface area (Å²) in [5.41, 5.74) is 0.638. The van der Waals surface area contributed by atoms with Crippen LogP contribution in [0.1, 0.15) is 12.8 Å². The van der Waals surface area contributed by atoms with E-state index in [2.05, 4.69) is 10.6 Å². The summed E-state index contributed by atoms with van der Waals surface area (Å²) in [4.78, 5) is 0.251. The van der Waals surface area contributed by atoms with Crippen molar-refractivity contribution in [2.45, 2.75) is 23.8 Å². The van der Waals surface area contributed by atoms with E-state index in [1.807, 2.05) is 0 Å². The number of morpholine rings is 1. The van der Waals surface area contributed by atoms with Crippen LogP contribution in [0.25, 0.3) is 0 Å². The van der Waals surface area contributed by atoms with Crippen LogP contribution >= 0.6 is 12.2 Å². The fourth-order valence-electron chi connectivity index (χ4n) is 2.86. The molecule has 138 valence electrons. The molecule has 1 atom stereocenters. The summed E-state index contributed by atoms with van der Waals surface area (Å²) in [6, 6.07) is 6.69. The van der Waals surface area contributed by atoms with E-state index in [1.165, 1.54) is 4.31 Å². The van der Waals surface area contributed by atoms with Gasteiger partial charge < -0.3 is 20.1 Å². The van der Waals surface area contributed by atoms with Gasteiger partial charge in [-0.1, -0.05) is 6.07 Å². The van der Waals surface area contributed by atoms with Crippen molar-refractivity contribution < 1.29 is 17.9 Å². The lowest BCUT2D eigenvalue weighted by Crippen LogP contribution is -2.40. The number of anilines is 1. The van der Waals surface area contributed by atoms with Crippen molar-refractivity contribution in [3.05, 3.63) is 24.3 Å². The number of thiocarbonyl (C=S) groups is 1. The number of hydrogen-bond donors (Lipinski definition) is 2. The van der Waals surface area contributed by atoms with Crippen molar-refractivity contribution in [1.29, 1.82) is 0 Å². The molecule has 0 aliphatic carbocycles. The molecule has 2 aliphatic heterocycles. The third kappa shape index (κ3) is 4.89. The zero-order chi connectivity index (χ0) is 17.7. The Balaban J connectivity index is 1.61. The average molecular weight is 386 g/mol. The van der Waals surface area contributed by atoms with Crippen molar-refractivity contribution >= 4 is 33.0 Å². The summed E-state index contributed by atoms with van der Waals surface area (Å²) in [5.74, 6) is 0. The van der Waals surface area contributed by atoms with Crippen molar-refractivity contribution in [2.24, 2.45) is 0 Å². The normalized spacial score (nSPS) is 21.8. The summed E-state index contributed by atoms with van der Waals surface area (Å²) >= 11 is 5.28. The molecule has 0 radical (unpaired) electrons. The summed E-state index contributed by atoms with van der Waals surface area (Å²) in [5, 5.41) is 6.61. The maximum absolute atomic E-state index is 12.7. The second kappa shape index (κ2) is 8.41. The molecule has 25 heavy (non-hydrogen) atoms. The van der Waals surface area contributed by atoms with Crippen molar-refractivity contribution in [3.63, 3.8) is 0 Å². The summed E-state index contributed by atoms with van der Waals surface area (Å²) in [7, 11) is -3.52. The number of sulfonamides is 1. The number of ether oxygens (including phenoxy) is 2. The molecule has 2 saturated heterocycles. The van der Waals surface area contributed by atoms with E-state index >= 15 is 0 Å². The van der Waals surface area contributed by atoms with E-state index in [-0.39, 0.29) is 11.0 Å². The summed E-state index contributed by atoms with van der Waals surface area (Å²) in [6.07, 6.45) is 2.30. The Labute approximate surface area is 153 Å². The van der Waals surface area contributed by atoms with Gasteiger partial charge in [-0.2, -0.15) is 4.31 Å². The van der Waals surface area contributed by atoms with Gasteiger partial charge in [0.25, 0.3) is 0 Å². The predicted molar refractivity (Wildman–Crippen MR) is 99.2 cm³/mol. The highest BCUT2D eigenvalue weighted by Gasteiger charge is 2.26. The first-order valence-electron chi connectivity index (χ1n) is 8.40. The average Bonchev–Trinajstić information content (AvgIpc) is 3.14. The molecular formula is C16H23N3O4S2. The van der Waals surface area contributed by atoms with Crippen LogP contribution in [0.3, 0.4) is 0 Å². The fourth-order valence-corrected chi connectivity index (χ4v) is 4.51. The smallest absolute Gasteiger partial charge is 0.243 e. The molecule has 1 unspecified atom stereocenters. The van der Waals surface area contributed by atoms with Crippen LogP contribution in [0.15, 0.2) is 29.2 Å². The molecule has 2 heterocycles. The molecule has 2 N–H and O–H groups in total.